The summed E-state index contributed by atoms with van der Waals surface area (Å²) >= 11 is 0. The van der Waals surface area contributed by atoms with Crippen LogP contribution in [0.3, 0.4) is 0 Å². The van der Waals surface area contributed by atoms with E-state index in [1.807, 2.05) is 31.2 Å². The molecule has 3 fully saturated rings. The number of piperidine rings is 1. The molecule has 1 aliphatic carbocycles. The molecule has 280 valence electrons. The van der Waals surface area contributed by atoms with Gasteiger partial charge in [-0.05, 0) is 93.2 Å². The van der Waals surface area contributed by atoms with Crippen LogP contribution in [-0.2, 0) is 27.4 Å². The van der Waals surface area contributed by atoms with Gasteiger partial charge in [0.15, 0.2) is 6.29 Å². The molecule has 6 rings (SSSR count). The highest BCUT2D eigenvalue weighted by molar-refractivity contribution is 5.82. The zero-order chi connectivity index (χ0) is 36.8. The molecule has 2 saturated heterocycles. The van der Waals surface area contributed by atoms with E-state index in [1.54, 1.807) is 0 Å². The fourth-order valence-electron chi connectivity index (χ4n) is 8.36. The minimum Gasteiger partial charge on any atom is -0.392 e. The van der Waals surface area contributed by atoms with Gasteiger partial charge in [0, 0.05) is 42.7 Å². The van der Waals surface area contributed by atoms with Crippen molar-refractivity contribution in [2.45, 2.75) is 122 Å². The Labute approximate surface area is 309 Å². The van der Waals surface area contributed by atoms with Gasteiger partial charge >= 0.3 is 6.03 Å². The number of benzene rings is 3. The summed E-state index contributed by atoms with van der Waals surface area (Å²) in [5, 5.41) is 18.7. The van der Waals surface area contributed by atoms with Crippen LogP contribution in [0.1, 0.15) is 108 Å². The van der Waals surface area contributed by atoms with Crippen molar-refractivity contribution in [1.82, 2.24) is 20.9 Å². The number of nitrogens with zero attached hydrogens (tertiary/aromatic N) is 1. The predicted molar refractivity (Wildman–Crippen MR) is 204 cm³/mol. The van der Waals surface area contributed by atoms with Gasteiger partial charge in [0.2, 0.25) is 5.91 Å². The molecule has 0 spiro atoms. The summed E-state index contributed by atoms with van der Waals surface area (Å²) < 4.78 is 13.8. The molecule has 9 heteroatoms. The summed E-state index contributed by atoms with van der Waals surface area (Å²) in [4.78, 5) is 28.3. The Kier molecular flexibility index (Phi) is 12.4. The second-order valence-corrected chi connectivity index (χ2v) is 16.0. The maximum atomic E-state index is 13.9. The summed E-state index contributed by atoms with van der Waals surface area (Å²) in [6.07, 6.45) is 5.73. The maximum Gasteiger partial charge on any atom is 0.315 e. The van der Waals surface area contributed by atoms with Gasteiger partial charge in [0.1, 0.15) is 0 Å². The van der Waals surface area contributed by atoms with Gasteiger partial charge in [0.25, 0.3) is 0 Å². The molecule has 3 aromatic carbocycles. The molecule has 0 unspecified atom stereocenters. The first-order chi connectivity index (χ1) is 25.0. The lowest BCUT2D eigenvalue weighted by Gasteiger charge is -2.51. The molecule has 0 aromatic heterocycles. The molecule has 7 atom stereocenters. The van der Waals surface area contributed by atoms with Gasteiger partial charge in [-0.3, -0.25) is 9.69 Å². The van der Waals surface area contributed by atoms with Crippen LogP contribution in [0.4, 0.5) is 4.79 Å². The zero-order valence-corrected chi connectivity index (χ0v) is 31.6. The van der Waals surface area contributed by atoms with Crippen LogP contribution < -0.4 is 16.0 Å². The normalized spacial score (nSPS) is 26.6. The fraction of sp³-hybridized carbons (Fsp3) is 0.535. The fourth-order valence-corrected chi connectivity index (χ4v) is 8.36. The van der Waals surface area contributed by atoms with Crippen molar-refractivity contribution < 1.29 is 24.2 Å². The Hall–Kier alpha value is -3.76. The van der Waals surface area contributed by atoms with Gasteiger partial charge in [-0.1, -0.05) is 86.5 Å². The monoisotopic (exact) mass is 710 g/mol. The first kappa shape index (κ1) is 38.0. The summed E-state index contributed by atoms with van der Waals surface area (Å²) in [5.41, 5.74) is 5.68. The quantitative estimate of drug-likeness (QED) is 0.175. The van der Waals surface area contributed by atoms with Crippen LogP contribution in [-0.4, -0.2) is 58.8 Å². The summed E-state index contributed by atoms with van der Waals surface area (Å²) in [6.45, 7) is 11.9. The largest absolute Gasteiger partial charge is 0.392 e. The number of rotatable bonds is 10. The second-order valence-electron chi connectivity index (χ2n) is 16.0. The van der Waals surface area contributed by atoms with Crippen LogP contribution in [0.25, 0.3) is 11.1 Å². The highest BCUT2D eigenvalue weighted by Gasteiger charge is 2.46. The van der Waals surface area contributed by atoms with E-state index in [9.17, 15) is 14.7 Å². The van der Waals surface area contributed by atoms with Crippen molar-refractivity contribution in [3.05, 3.63) is 95.1 Å². The number of likely N-dealkylation sites (tertiary alicyclic amines) is 1. The van der Waals surface area contributed by atoms with Crippen LogP contribution in [0.2, 0.25) is 0 Å². The number of aliphatic hydroxyl groups excluding tert-OH is 1. The van der Waals surface area contributed by atoms with Gasteiger partial charge < -0.3 is 30.5 Å². The third kappa shape index (κ3) is 9.23. The predicted octanol–water partition coefficient (Wildman–Crippen LogP) is 7.39. The maximum absolute atomic E-state index is 13.9. The number of amides is 3. The smallest absolute Gasteiger partial charge is 0.315 e. The van der Waals surface area contributed by atoms with Gasteiger partial charge in [-0.15, -0.1) is 0 Å². The second kappa shape index (κ2) is 16.9. The third-order valence-electron chi connectivity index (χ3n) is 11.1. The molecule has 0 bridgehead atoms. The van der Waals surface area contributed by atoms with Crippen molar-refractivity contribution >= 4 is 11.9 Å². The number of carbonyl (C=O) groups excluding carboxylic acids is 2. The number of carbonyl (C=O) groups is 2. The lowest BCUT2D eigenvalue weighted by molar-refractivity contribution is -0.278. The molecule has 3 aliphatic rings. The minimum atomic E-state index is -0.598. The molecule has 0 radical (unpaired) electrons. The highest BCUT2D eigenvalue weighted by Crippen LogP contribution is 2.44. The minimum absolute atomic E-state index is 0.00872. The molecule has 2 aliphatic heterocycles. The average molecular weight is 711 g/mol. The van der Waals surface area contributed by atoms with Crippen molar-refractivity contribution in [3.8, 4) is 11.1 Å². The zero-order valence-electron chi connectivity index (χ0n) is 31.6. The lowest BCUT2D eigenvalue weighted by Crippen LogP contribution is -2.61. The number of fused-ring (bicyclic) bond motifs is 1. The number of ether oxygens (including phenoxy) is 2. The third-order valence-corrected chi connectivity index (χ3v) is 11.1. The van der Waals surface area contributed by atoms with E-state index in [-0.39, 0.29) is 48.3 Å². The molecule has 9 nitrogen and oxygen atoms in total. The SMILES string of the molecule is CCNC(=O)NCc1cccc(-c2ccc([C@H]3O[C@@H](CN4[C@@H](C(=O)NC(C)(C)C)CC[C@H]5CCCC[C@H]54)[C@@H](C)[C@@H](c4ccc(CO)cc4)O3)cc2)c1. The molecule has 52 heavy (non-hydrogen) atoms. The first-order valence-corrected chi connectivity index (χ1v) is 19.3. The van der Waals surface area contributed by atoms with Crippen LogP contribution in [0, 0.1) is 11.8 Å². The number of hydrogen-bond donors (Lipinski definition) is 4. The van der Waals surface area contributed by atoms with E-state index in [0.717, 1.165) is 52.6 Å². The van der Waals surface area contributed by atoms with Gasteiger partial charge in [-0.2, -0.15) is 0 Å². The molecule has 3 amide bonds. The number of aliphatic hydroxyl groups is 1. The Bertz CT molecular complexity index is 1640. The molecule has 1 saturated carbocycles. The molecule has 2 heterocycles. The number of nitrogens with one attached hydrogen (secondary N) is 3. The van der Waals surface area contributed by atoms with Crippen LogP contribution in [0.5, 0.6) is 0 Å². The van der Waals surface area contributed by atoms with E-state index < -0.39 is 6.29 Å². The Morgan fingerprint density at radius 3 is 2.29 bits per heavy atom. The topological polar surface area (TPSA) is 112 Å². The van der Waals surface area contributed by atoms with Crippen molar-refractivity contribution in [2.24, 2.45) is 11.8 Å². The average Bonchev–Trinajstić information content (AvgIpc) is 3.14. The van der Waals surface area contributed by atoms with Crippen LogP contribution in [0.15, 0.2) is 72.8 Å². The molecule has 4 N–H and O–H groups in total. The number of hydrogen-bond acceptors (Lipinski definition) is 6. The van der Waals surface area contributed by atoms with Crippen molar-refractivity contribution in [2.75, 3.05) is 13.1 Å². The van der Waals surface area contributed by atoms with Gasteiger partial charge in [-0.25, -0.2) is 4.79 Å². The first-order valence-electron chi connectivity index (χ1n) is 19.3. The van der Waals surface area contributed by atoms with Crippen LogP contribution >= 0.6 is 0 Å². The molecular weight excluding hydrogens is 652 g/mol. The van der Waals surface area contributed by atoms with E-state index in [1.165, 1.54) is 19.3 Å². The van der Waals surface area contributed by atoms with Crippen molar-refractivity contribution in [3.63, 3.8) is 0 Å². The molecular formula is C43H58N4O5. The van der Waals surface area contributed by atoms with Gasteiger partial charge in [0.05, 0.1) is 24.9 Å². The number of urea groups is 1. The summed E-state index contributed by atoms with van der Waals surface area (Å²) in [5.74, 6) is 0.737. The van der Waals surface area contributed by atoms with E-state index in [4.69, 9.17) is 9.47 Å². The summed E-state index contributed by atoms with van der Waals surface area (Å²) in [7, 11) is 0. The van der Waals surface area contributed by atoms with Crippen molar-refractivity contribution in [1.29, 1.82) is 0 Å². The highest BCUT2D eigenvalue weighted by atomic mass is 16.7. The Balaban J connectivity index is 1.26. The lowest BCUT2D eigenvalue weighted by atomic mass is 9.75. The Morgan fingerprint density at radius 2 is 1.58 bits per heavy atom. The molecule has 3 aromatic rings. The van der Waals surface area contributed by atoms with E-state index in [2.05, 4.69) is 97.1 Å². The Morgan fingerprint density at radius 1 is 0.846 bits per heavy atom. The van der Waals surface area contributed by atoms with E-state index in [0.29, 0.717) is 31.6 Å². The van der Waals surface area contributed by atoms with E-state index >= 15 is 0 Å². The standard InChI is InChI=1S/C43H58N4O5/c1-6-44-42(50)45-25-30-10-9-12-35(24-30)31-18-20-34(21-19-31)41-51-38(28(2)39(52-41)33-16-14-29(27-48)15-17-33)26-47-36-13-8-7-11-32(36)22-23-37(47)40(49)46-43(3,4)5/h9-10,12,14-21,24,28,32,36-39,41,48H,6-8,11,13,22-23,25-27H2,1-5H3,(H,46,49)(H2,44,45,50)/t28-,32-,36-,37-,38+,39+,41+/m1/s1. The summed E-state index contributed by atoms with van der Waals surface area (Å²) in [6, 6.07) is 24.6.